The molecule has 132 valence electrons. The molecule has 0 atom stereocenters. The lowest BCUT2D eigenvalue weighted by Crippen LogP contribution is -2.09. The zero-order chi connectivity index (χ0) is 19.0. The molecule has 6 heteroatoms. The number of thiophene rings is 1. The Hall–Kier alpha value is -3.56. The summed E-state index contributed by atoms with van der Waals surface area (Å²) >= 11 is 1.32. The number of pyridine rings is 1. The average Bonchev–Trinajstić information content (AvgIpc) is 3.12. The van der Waals surface area contributed by atoms with Crippen molar-refractivity contribution in [3.8, 4) is 39.8 Å². The molecule has 0 radical (unpaired) electrons. The van der Waals surface area contributed by atoms with Crippen molar-refractivity contribution >= 4 is 21.6 Å². The second kappa shape index (κ2) is 6.63. The van der Waals surface area contributed by atoms with Gasteiger partial charge in [-0.25, -0.2) is 0 Å². The van der Waals surface area contributed by atoms with Gasteiger partial charge in [-0.3, -0.25) is 4.79 Å². The van der Waals surface area contributed by atoms with E-state index in [1.807, 2.05) is 53.9 Å². The summed E-state index contributed by atoms with van der Waals surface area (Å²) in [4.78, 5) is 15.0. The molecule has 2 aromatic carbocycles. The number of hydrogen-bond donors (Lipinski definition) is 2. The van der Waals surface area contributed by atoms with Crippen molar-refractivity contribution in [2.45, 2.75) is 0 Å². The third-order valence-corrected chi connectivity index (χ3v) is 5.35. The number of nitrogens with one attached hydrogen (secondary N) is 1. The number of methoxy groups -OCH3 is 1. The van der Waals surface area contributed by atoms with E-state index >= 15 is 0 Å². The molecule has 27 heavy (non-hydrogen) atoms. The minimum Gasteiger partial charge on any atom is -0.506 e. The van der Waals surface area contributed by atoms with Gasteiger partial charge in [0.25, 0.3) is 5.56 Å². The summed E-state index contributed by atoms with van der Waals surface area (Å²) in [5.74, 6) is 0.532. The lowest BCUT2D eigenvalue weighted by molar-refractivity contribution is 0.415. The monoisotopic (exact) mass is 374 g/mol. The van der Waals surface area contributed by atoms with Gasteiger partial charge in [0.2, 0.25) is 0 Å². The number of hydrogen-bond acceptors (Lipinski definition) is 5. The van der Waals surface area contributed by atoms with E-state index in [0.29, 0.717) is 10.2 Å². The van der Waals surface area contributed by atoms with Crippen LogP contribution in [-0.4, -0.2) is 17.2 Å². The Labute approximate surface area is 158 Å². The van der Waals surface area contributed by atoms with Gasteiger partial charge in [-0.1, -0.05) is 36.4 Å². The quantitative estimate of drug-likeness (QED) is 0.552. The first-order chi connectivity index (χ1) is 13.1. The SMILES string of the molecule is COc1ccc(-c2ccc(-c3csc4[nH]c(=O)c(C#N)c(O)c34)cc2)cc1. The number of nitrogens with zero attached hydrogens (tertiary/aromatic N) is 1. The van der Waals surface area contributed by atoms with Crippen LogP contribution in [0.5, 0.6) is 11.5 Å². The fraction of sp³-hybridized carbons (Fsp3) is 0.0476. The highest BCUT2D eigenvalue weighted by atomic mass is 32.1. The van der Waals surface area contributed by atoms with E-state index in [1.165, 1.54) is 11.3 Å². The summed E-state index contributed by atoms with van der Waals surface area (Å²) in [7, 11) is 1.63. The average molecular weight is 374 g/mol. The fourth-order valence-corrected chi connectivity index (χ4v) is 3.99. The van der Waals surface area contributed by atoms with E-state index < -0.39 is 5.56 Å². The fourth-order valence-electron chi connectivity index (χ4n) is 3.03. The number of ether oxygens (including phenoxy) is 1. The molecule has 0 aliphatic carbocycles. The van der Waals surface area contributed by atoms with Crippen molar-refractivity contribution in [2.75, 3.05) is 7.11 Å². The number of aromatic nitrogens is 1. The van der Waals surface area contributed by atoms with Crippen LogP contribution in [0.2, 0.25) is 0 Å². The van der Waals surface area contributed by atoms with Crippen LogP contribution >= 0.6 is 11.3 Å². The lowest BCUT2D eigenvalue weighted by Gasteiger charge is -2.06. The number of nitriles is 1. The normalized spacial score (nSPS) is 10.7. The van der Waals surface area contributed by atoms with Crippen LogP contribution in [0.1, 0.15) is 5.56 Å². The highest BCUT2D eigenvalue weighted by Gasteiger charge is 2.17. The Morgan fingerprint density at radius 3 is 2.22 bits per heavy atom. The minimum atomic E-state index is -0.578. The zero-order valence-corrected chi connectivity index (χ0v) is 15.1. The topological polar surface area (TPSA) is 86.1 Å². The molecule has 0 spiro atoms. The molecule has 5 nitrogen and oxygen atoms in total. The second-order valence-electron chi connectivity index (χ2n) is 5.95. The van der Waals surface area contributed by atoms with Gasteiger partial charge >= 0.3 is 0 Å². The van der Waals surface area contributed by atoms with E-state index in [1.54, 1.807) is 13.2 Å². The number of fused-ring (bicyclic) bond motifs is 1. The van der Waals surface area contributed by atoms with E-state index in [9.17, 15) is 9.90 Å². The first kappa shape index (κ1) is 16.9. The molecule has 0 saturated carbocycles. The van der Waals surface area contributed by atoms with Crippen LogP contribution in [-0.2, 0) is 0 Å². The van der Waals surface area contributed by atoms with Crippen LogP contribution in [0.4, 0.5) is 0 Å². The van der Waals surface area contributed by atoms with Crippen LogP contribution in [0.15, 0.2) is 58.7 Å². The zero-order valence-electron chi connectivity index (χ0n) is 14.3. The van der Waals surface area contributed by atoms with E-state index in [2.05, 4.69) is 4.98 Å². The van der Waals surface area contributed by atoms with Crippen LogP contribution in [0, 0.1) is 11.3 Å². The first-order valence-electron chi connectivity index (χ1n) is 8.13. The summed E-state index contributed by atoms with van der Waals surface area (Å²) < 4.78 is 5.18. The van der Waals surface area contributed by atoms with E-state index in [4.69, 9.17) is 10.00 Å². The highest BCUT2D eigenvalue weighted by molar-refractivity contribution is 7.17. The van der Waals surface area contributed by atoms with Gasteiger partial charge in [-0.2, -0.15) is 5.26 Å². The van der Waals surface area contributed by atoms with Crippen molar-refractivity contribution in [2.24, 2.45) is 0 Å². The standard InChI is InChI=1S/C21H14N2O3S/c1-26-15-8-6-13(7-9-15)12-2-4-14(5-3-12)17-11-27-21-18(17)19(24)16(10-22)20(25)23-21/h2-9,11H,1H3,(H2,23,24,25). The van der Waals surface area contributed by atoms with Gasteiger partial charge in [0, 0.05) is 10.9 Å². The van der Waals surface area contributed by atoms with Gasteiger partial charge in [0.15, 0.2) is 5.56 Å². The van der Waals surface area contributed by atoms with Crippen LogP contribution in [0.25, 0.3) is 32.5 Å². The predicted molar refractivity (Wildman–Crippen MR) is 106 cm³/mol. The van der Waals surface area contributed by atoms with Gasteiger partial charge in [-0.15, -0.1) is 11.3 Å². The maximum absolute atomic E-state index is 11.8. The Bertz CT molecular complexity index is 1230. The van der Waals surface area contributed by atoms with Crippen LogP contribution < -0.4 is 10.3 Å². The first-order valence-corrected chi connectivity index (χ1v) is 9.01. The van der Waals surface area contributed by atoms with Crippen molar-refractivity contribution in [1.29, 1.82) is 5.26 Å². The van der Waals surface area contributed by atoms with E-state index in [-0.39, 0.29) is 11.3 Å². The summed E-state index contributed by atoms with van der Waals surface area (Å²) in [6.45, 7) is 0. The highest BCUT2D eigenvalue weighted by Crippen LogP contribution is 2.39. The number of aromatic amines is 1. The molecule has 0 bridgehead atoms. The van der Waals surface area contributed by atoms with Gasteiger partial charge in [0.05, 0.1) is 12.5 Å². The summed E-state index contributed by atoms with van der Waals surface area (Å²) in [5.41, 5.74) is 2.95. The third-order valence-electron chi connectivity index (χ3n) is 4.45. The Balaban J connectivity index is 1.78. The van der Waals surface area contributed by atoms with Crippen molar-refractivity contribution in [3.63, 3.8) is 0 Å². The molecule has 0 aliphatic heterocycles. The van der Waals surface area contributed by atoms with Crippen molar-refractivity contribution in [3.05, 3.63) is 69.8 Å². The Morgan fingerprint density at radius 2 is 1.63 bits per heavy atom. The predicted octanol–water partition coefficient (Wildman–Crippen LogP) is 4.51. The van der Waals surface area contributed by atoms with Crippen molar-refractivity contribution in [1.82, 2.24) is 4.98 Å². The molecule has 4 rings (SSSR count). The summed E-state index contributed by atoms with van der Waals surface area (Å²) in [6.07, 6.45) is 0. The smallest absolute Gasteiger partial charge is 0.270 e. The number of aromatic hydroxyl groups is 1. The molecule has 2 N–H and O–H groups in total. The molecular formula is C21H14N2O3S. The molecule has 0 fully saturated rings. The third kappa shape index (κ3) is 2.84. The maximum atomic E-state index is 11.8. The van der Waals surface area contributed by atoms with E-state index in [0.717, 1.165) is 28.0 Å². The molecule has 2 heterocycles. The molecule has 2 aromatic heterocycles. The Kier molecular flexibility index (Phi) is 4.15. The molecule has 0 amide bonds. The second-order valence-corrected chi connectivity index (χ2v) is 6.83. The lowest BCUT2D eigenvalue weighted by atomic mass is 9.99. The molecule has 0 aliphatic rings. The Morgan fingerprint density at radius 1 is 1.04 bits per heavy atom. The number of H-pyrrole nitrogens is 1. The minimum absolute atomic E-state index is 0.267. The van der Waals surface area contributed by atoms with Crippen molar-refractivity contribution < 1.29 is 9.84 Å². The summed E-state index contributed by atoms with van der Waals surface area (Å²) in [6, 6.07) is 17.5. The largest absolute Gasteiger partial charge is 0.506 e. The molecule has 4 aromatic rings. The summed E-state index contributed by atoms with van der Waals surface area (Å²) in [5, 5.41) is 21.9. The molecule has 0 unspecified atom stereocenters. The molecular weight excluding hydrogens is 360 g/mol. The van der Waals surface area contributed by atoms with Gasteiger partial charge < -0.3 is 14.8 Å². The maximum Gasteiger partial charge on any atom is 0.270 e. The van der Waals surface area contributed by atoms with Gasteiger partial charge in [0.1, 0.15) is 22.4 Å². The van der Waals surface area contributed by atoms with Gasteiger partial charge in [-0.05, 0) is 28.8 Å². The number of rotatable bonds is 3. The van der Waals surface area contributed by atoms with Crippen LogP contribution in [0.3, 0.4) is 0 Å². The number of benzene rings is 2. The molecule has 0 saturated heterocycles.